The Morgan fingerprint density at radius 3 is 2.17 bits per heavy atom. The van der Waals surface area contributed by atoms with Gasteiger partial charge in [0.1, 0.15) is 0 Å². The first-order chi connectivity index (χ1) is 13.8. The number of anilines is 1. The summed E-state index contributed by atoms with van der Waals surface area (Å²) in [5, 5.41) is 0. The maximum atomic E-state index is 2.46. The van der Waals surface area contributed by atoms with Crippen LogP contribution >= 0.6 is 0 Å². The zero-order valence-corrected chi connectivity index (χ0v) is 18.7. The molecule has 0 radical (unpaired) electrons. The van der Waals surface area contributed by atoms with Crippen molar-refractivity contribution in [2.24, 2.45) is 0 Å². The van der Waals surface area contributed by atoms with Crippen molar-refractivity contribution >= 4 is 11.3 Å². The van der Waals surface area contributed by atoms with E-state index in [0.29, 0.717) is 0 Å². The molecule has 29 heavy (non-hydrogen) atoms. The first-order valence-electron chi connectivity index (χ1n) is 10.9. The molecule has 2 aliphatic rings. The second-order valence-corrected chi connectivity index (χ2v) is 9.21. The molecule has 0 fully saturated rings. The van der Waals surface area contributed by atoms with Crippen LogP contribution in [0.2, 0.25) is 0 Å². The molecule has 1 heteroatoms. The third kappa shape index (κ3) is 2.90. The van der Waals surface area contributed by atoms with Crippen LogP contribution < -0.4 is 4.90 Å². The molecule has 1 heterocycles. The number of rotatable bonds is 4. The van der Waals surface area contributed by atoms with Crippen molar-refractivity contribution in [3.63, 3.8) is 0 Å². The highest BCUT2D eigenvalue weighted by atomic mass is 15.2. The fourth-order valence-electron chi connectivity index (χ4n) is 5.37. The zero-order chi connectivity index (χ0) is 20.8. The van der Waals surface area contributed by atoms with E-state index >= 15 is 0 Å². The Balaban J connectivity index is 1.74. The molecule has 0 atom stereocenters. The molecule has 0 aromatic heterocycles. The van der Waals surface area contributed by atoms with Crippen molar-refractivity contribution in [3.05, 3.63) is 94.7 Å². The summed E-state index contributed by atoms with van der Waals surface area (Å²) in [5.74, 6) is 0. The van der Waals surface area contributed by atoms with Gasteiger partial charge in [-0.1, -0.05) is 89.2 Å². The average molecular weight is 384 g/mol. The molecule has 2 aromatic rings. The third-order valence-corrected chi connectivity index (χ3v) is 6.91. The number of allylic oxidation sites excluding steroid dienone is 6. The summed E-state index contributed by atoms with van der Waals surface area (Å²) in [6, 6.07) is 17.7. The molecule has 150 valence electrons. The predicted octanol–water partition coefficient (Wildman–Crippen LogP) is 7.40. The second-order valence-electron chi connectivity index (χ2n) is 9.21. The summed E-state index contributed by atoms with van der Waals surface area (Å²) >= 11 is 0. The standard InChI is InChI=1S/C28H33N/c1-7-20-21-14-9-10-15-23(21)27(3,4)22(20)17-13-19-26-28(5,6)24-16-11-12-18-25(24)29(26)8-2/h9-19H,7-8H2,1-6H3. The lowest BCUT2D eigenvalue weighted by molar-refractivity contribution is 0.633. The zero-order valence-electron chi connectivity index (χ0n) is 18.7. The summed E-state index contributed by atoms with van der Waals surface area (Å²) < 4.78 is 0. The van der Waals surface area contributed by atoms with Gasteiger partial charge in [0.2, 0.25) is 0 Å². The molecule has 0 amide bonds. The van der Waals surface area contributed by atoms with Gasteiger partial charge < -0.3 is 4.90 Å². The number of likely N-dealkylation sites (N-methyl/N-ethyl adjacent to an activating group) is 1. The van der Waals surface area contributed by atoms with Gasteiger partial charge in [-0.3, -0.25) is 0 Å². The first kappa shape index (κ1) is 19.8. The van der Waals surface area contributed by atoms with Crippen molar-refractivity contribution in [1.29, 1.82) is 0 Å². The molecule has 4 rings (SSSR count). The van der Waals surface area contributed by atoms with Crippen molar-refractivity contribution in [2.45, 2.75) is 58.8 Å². The Bertz CT molecular complexity index is 1030. The predicted molar refractivity (Wildman–Crippen MR) is 126 cm³/mol. The number of nitrogens with zero attached hydrogens (tertiary/aromatic N) is 1. The van der Waals surface area contributed by atoms with Gasteiger partial charge in [0, 0.05) is 28.8 Å². The maximum absolute atomic E-state index is 2.46. The molecular weight excluding hydrogens is 350 g/mol. The van der Waals surface area contributed by atoms with Gasteiger partial charge >= 0.3 is 0 Å². The smallest absolute Gasteiger partial charge is 0.0450 e. The normalized spacial score (nSPS) is 20.6. The highest BCUT2D eigenvalue weighted by Crippen LogP contribution is 2.49. The van der Waals surface area contributed by atoms with Crippen LogP contribution in [0.1, 0.15) is 64.7 Å². The molecule has 0 bridgehead atoms. The lowest BCUT2D eigenvalue weighted by Gasteiger charge is -2.26. The highest BCUT2D eigenvalue weighted by molar-refractivity contribution is 5.82. The molecule has 0 unspecified atom stereocenters. The molecule has 0 N–H and O–H groups in total. The second kappa shape index (κ2) is 7.06. The summed E-state index contributed by atoms with van der Waals surface area (Å²) in [5.41, 5.74) is 10.0. The van der Waals surface area contributed by atoms with E-state index in [1.54, 1.807) is 0 Å². The largest absolute Gasteiger partial charge is 0.344 e. The topological polar surface area (TPSA) is 3.24 Å². The fourth-order valence-corrected chi connectivity index (χ4v) is 5.37. The Morgan fingerprint density at radius 1 is 0.828 bits per heavy atom. The van der Waals surface area contributed by atoms with E-state index in [-0.39, 0.29) is 10.8 Å². The Kier molecular flexibility index (Phi) is 4.81. The Hall–Kier alpha value is -2.54. The van der Waals surface area contributed by atoms with Crippen LogP contribution in [0.5, 0.6) is 0 Å². The van der Waals surface area contributed by atoms with Crippen LogP contribution in [-0.2, 0) is 10.8 Å². The molecule has 0 saturated heterocycles. The van der Waals surface area contributed by atoms with Crippen molar-refractivity contribution in [2.75, 3.05) is 11.4 Å². The molecule has 2 aromatic carbocycles. The molecule has 0 saturated carbocycles. The van der Waals surface area contributed by atoms with Gasteiger partial charge in [0.25, 0.3) is 0 Å². The molecule has 1 aliphatic carbocycles. The summed E-state index contributed by atoms with van der Waals surface area (Å²) in [7, 11) is 0. The lowest BCUT2D eigenvalue weighted by Crippen LogP contribution is -2.25. The summed E-state index contributed by atoms with van der Waals surface area (Å²) in [6.45, 7) is 14.9. The van der Waals surface area contributed by atoms with E-state index < -0.39 is 0 Å². The van der Waals surface area contributed by atoms with E-state index in [1.165, 1.54) is 39.2 Å². The van der Waals surface area contributed by atoms with Crippen LogP contribution in [0, 0.1) is 0 Å². The van der Waals surface area contributed by atoms with Gasteiger partial charge in [0.05, 0.1) is 0 Å². The molecular formula is C28H33N. The molecule has 0 spiro atoms. The summed E-state index contributed by atoms with van der Waals surface area (Å²) in [4.78, 5) is 2.46. The van der Waals surface area contributed by atoms with E-state index in [1.807, 2.05) is 0 Å². The number of para-hydroxylation sites is 1. The van der Waals surface area contributed by atoms with Gasteiger partial charge in [-0.15, -0.1) is 0 Å². The molecule has 1 nitrogen and oxygen atoms in total. The van der Waals surface area contributed by atoms with Gasteiger partial charge in [0.15, 0.2) is 0 Å². The lowest BCUT2D eigenvalue weighted by atomic mass is 9.80. The Labute approximate surface area is 176 Å². The van der Waals surface area contributed by atoms with Gasteiger partial charge in [-0.05, 0) is 53.3 Å². The van der Waals surface area contributed by atoms with Gasteiger partial charge in [-0.2, -0.15) is 0 Å². The Morgan fingerprint density at radius 2 is 1.48 bits per heavy atom. The maximum Gasteiger partial charge on any atom is 0.0450 e. The van der Waals surface area contributed by atoms with Crippen molar-refractivity contribution < 1.29 is 0 Å². The van der Waals surface area contributed by atoms with Crippen LogP contribution in [0.3, 0.4) is 0 Å². The minimum atomic E-state index is 0.0209. The number of benzene rings is 2. The average Bonchev–Trinajstić information content (AvgIpc) is 3.07. The number of fused-ring (bicyclic) bond motifs is 2. The van der Waals surface area contributed by atoms with Crippen LogP contribution in [0.25, 0.3) is 5.57 Å². The van der Waals surface area contributed by atoms with Crippen molar-refractivity contribution in [1.82, 2.24) is 0 Å². The van der Waals surface area contributed by atoms with Crippen LogP contribution in [0.4, 0.5) is 5.69 Å². The van der Waals surface area contributed by atoms with E-state index in [9.17, 15) is 0 Å². The minimum absolute atomic E-state index is 0.0209. The van der Waals surface area contributed by atoms with E-state index in [4.69, 9.17) is 0 Å². The van der Waals surface area contributed by atoms with Gasteiger partial charge in [-0.25, -0.2) is 0 Å². The highest BCUT2D eigenvalue weighted by Gasteiger charge is 2.39. The number of hydrogen-bond acceptors (Lipinski definition) is 1. The van der Waals surface area contributed by atoms with Crippen LogP contribution in [0.15, 0.2) is 78.0 Å². The fraction of sp³-hybridized carbons (Fsp3) is 0.357. The quantitative estimate of drug-likeness (QED) is 0.531. The third-order valence-electron chi connectivity index (χ3n) is 6.91. The SMILES string of the molecule is CCC1=C(C=CC=C2N(CC)c3ccccc3C2(C)C)C(C)(C)c2ccccc21. The first-order valence-corrected chi connectivity index (χ1v) is 10.9. The molecule has 1 aliphatic heterocycles. The van der Waals surface area contributed by atoms with E-state index in [2.05, 4.69) is 113 Å². The van der Waals surface area contributed by atoms with Crippen molar-refractivity contribution in [3.8, 4) is 0 Å². The van der Waals surface area contributed by atoms with Crippen LogP contribution in [-0.4, -0.2) is 6.54 Å². The minimum Gasteiger partial charge on any atom is -0.344 e. The van der Waals surface area contributed by atoms with E-state index in [0.717, 1.165) is 13.0 Å². The number of hydrogen-bond donors (Lipinski definition) is 0. The summed E-state index contributed by atoms with van der Waals surface area (Å²) in [6.07, 6.45) is 8.04. The monoisotopic (exact) mass is 383 g/mol.